The highest BCUT2D eigenvalue weighted by atomic mass is 16.6. The Bertz CT molecular complexity index is 371. The summed E-state index contributed by atoms with van der Waals surface area (Å²) in [5.74, 6) is 0. The second-order valence-corrected chi connectivity index (χ2v) is 2.88. The summed E-state index contributed by atoms with van der Waals surface area (Å²) >= 11 is 0. The van der Waals surface area contributed by atoms with Gasteiger partial charge >= 0.3 is 0 Å². The van der Waals surface area contributed by atoms with E-state index in [2.05, 4.69) is 0 Å². The van der Waals surface area contributed by atoms with Crippen molar-refractivity contribution in [2.24, 2.45) is 0 Å². The van der Waals surface area contributed by atoms with E-state index >= 15 is 0 Å². The predicted octanol–water partition coefficient (Wildman–Crippen LogP) is 1.99. The zero-order chi connectivity index (χ0) is 10.6. The highest BCUT2D eigenvalue weighted by molar-refractivity contribution is 5.65. The van der Waals surface area contributed by atoms with Crippen molar-refractivity contribution in [1.82, 2.24) is 0 Å². The van der Waals surface area contributed by atoms with Crippen molar-refractivity contribution >= 4 is 11.3 Å². The predicted molar refractivity (Wildman–Crippen MR) is 53.8 cm³/mol. The number of rotatable bonds is 3. The first-order chi connectivity index (χ1) is 6.65. The van der Waals surface area contributed by atoms with Gasteiger partial charge in [-0.2, -0.15) is 0 Å². The van der Waals surface area contributed by atoms with E-state index in [0.717, 1.165) is 11.1 Å². The van der Waals surface area contributed by atoms with E-state index in [0.29, 0.717) is 0 Å². The molecule has 74 valence electrons. The molecule has 0 bridgehead atoms. The molecule has 1 aromatic carbocycles. The summed E-state index contributed by atoms with van der Waals surface area (Å²) in [5, 5.41) is 19.1. The van der Waals surface area contributed by atoms with Gasteiger partial charge in [-0.05, 0) is 18.1 Å². The van der Waals surface area contributed by atoms with Crippen LogP contribution in [0.15, 0.2) is 30.3 Å². The molecule has 0 saturated carbocycles. The molecule has 0 unspecified atom stereocenters. The first-order valence-corrected chi connectivity index (χ1v) is 4.17. The molecule has 1 N–H and O–H groups in total. The molecule has 0 amide bonds. The summed E-state index contributed by atoms with van der Waals surface area (Å²) in [4.78, 5) is 10.0. The Morgan fingerprint density at radius 2 is 2.36 bits per heavy atom. The van der Waals surface area contributed by atoms with E-state index in [-0.39, 0.29) is 12.3 Å². The van der Waals surface area contributed by atoms with Crippen LogP contribution in [0.4, 0.5) is 5.69 Å². The summed E-state index contributed by atoms with van der Waals surface area (Å²) in [6, 6.07) is 6.33. The Balaban J connectivity index is 3.05. The maximum Gasteiger partial charge on any atom is 0.270 e. The molecule has 0 aliphatic heterocycles. The van der Waals surface area contributed by atoms with Gasteiger partial charge in [0.1, 0.15) is 0 Å². The second kappa shape index (κ2) is 4.53. The summed E-state index contributed by atoms with van der Waals surface area (Å²) < 4.78 is 0. The Morgan fingerprint density at radius 3 is 2.93 bits per heavy atom. The van der Waals surface area contributed by atoms with Gasteiger partial charge < -0.3 is 5.11 Å². The van der Waals surface area contributed by atoms with Crippen molar-refractivity contribution < 1.29 is 10.0 Å². The fraction of sp³-hybridized carbons (Fsp3) is 0.200. The number of allylic oxidation sites excluding steroid dienone is 1. The van der Waals surface area contributed by atoms with Crippen LogP contribution in [0.1, 0.15) is 12.5 Å². The van der Waals surface area contributed by atoms with Crippen LogP contribution in [0.25, 0.3) is 5.57 Å². The lowest BCUT2D eigenvalue weighted by Crippen LogP contribution is -1.89. The summed E-state index contributed by atoms with van der Waals surface area (Å²) in [6.07, 6.45) is 1.61. The number of non-ortho nitro benzene ring substituents is 1. The van der Waals surface area contributed by atoms with Crippen molar-refractivity contribution in [1.29, 1.82) is 0 Å². The molecule has 1 rings (SSSR count). The molecule has 14 heavy (non-hydrogen) atoms. The Kier molecular flexibility index (Phi) is 3.36. The van der Waals surface area contributed by atoms with Gasteiger partial charge in [0, 0.05) is 12.1 Å². The number of hydrogen-bond acceptors (Lipinski definition) is 3. The molecule has 0 aliphatic rings. The van der Waals surface area contributed by atoms with Crippen LogP contribution in [-0.4, -0.2) is 16.6 Å². The minimum Gasteiger partial charge on any atom is -0.392 e. The van der Waals surface area contributed by atoms with Gasteiger partial charge in [0.2, 0.25) is 0 Å². The van der Waals surface area contributed by atoms with E-state index in [9.17, 15) is 10.1 Å². The lowest BCUT2D eigenvalue weighted by Gasteiger charge is -2.00. The molecule has 0 fully saturated rings. The zero-order valence-electron chi connectivity index (χ0n) is 7.80. The van der Waals surface area contributed by atoms with Crippen molar-refractivity contribution in [2.75, 3.05) is 6.61 Å². The number of nitro benzene ring substituents is 1. The molecule has 0 spiro atoms. The first-order valence-electron chi connectivity index (χ1n) is 4.17. The summed E-state index contributed by atoms with van der Waals surface area (Å²) in [6.45, 7) is 1.74. The maximum absolute atomic E-state index is 10.5. The van der Waals surface area contributed by atoms with E-state index in [1.807, 2.05) is 0 Å². The van der Waals surface area contributed by atoms with Crippen LogP contribution in [0.2, 0.25) is 0 Å². The zero-order valence-corrected chi connectivity index (χ0v) is 7.80. The number of aliphatic hydroxyl groups is 1. The normalized spacial score (nSPS) is 11.4. The monoisotopic (exact) mass is 193 g/mol. The van der Waals surface area contributed by atoms with Gasteiger partial charge in [0.05, 0.1) is 11.5 Å². The highest BCUT2D eigenvalue weighted by Crippen LogP contribution is 2.19. The minimum absolute atomic E-state index is 0.0610. The van der Waals surface area contributed by atoms with Gasteiger partial charge in [0.25, 0.3) is 5.69 Å². The average molecular weight is 193 g/mol. The van der Waals surface area contributed by atoms with Crippen LogP contribution in [0, 0.1) is 10.1 Å². The van der Waals surface area contributed by atoms with Gasteiger partial charge in [-0.15, -0.1) is 0 Å². The van der Waals surface area contributed by atoms with Crippen LogP contribution in [0.5, 0.6) is 0 Å². The summed E-state index contributed by atoms with van der Waals surface area (Å²) in [7, 11) is 0. The van der Waals surface area contributed by atoms with Crippen molar-refractivity contribution in [3.05, 3.63) is 46.0 Å². The van der Waals surface area contributed by atoms with Gasteiger partial charge in [-0.1, -0.05) is 18.2 Å². The average Bonchev–Trinajstić information content (AvgIpc) is 2.18. The van der Waals surface area contributed by atoms with E-state index in [1.54, 1.807) is 25.1 Å². The van der Waals surface area contributed by atoms with Crippen LogP contribution < -0.4 is 0 Å². The molecule has 0 aromatic heterocycles. The fourth-order valence-electron chi connectivity index (χ4n) is 1.12. The van der Waals surface area contributed by atoms with Crippen molar-refractivity contribution in [3.8, 4) is 0 Å². The molecule has 0 heterocycles. The van der Waals surface area contributed by atoms with Crippen LogP contribution >= 0.6 is 0 Å². The number of benzene rings is 1. The molecular weight excluding hydrogens is 182 g/mol. The Hall–Kier alpha value is -1.68. The Labute approximate surface area is 81.6 Å². The van der Waals surface area contributed by atoms with Crippen molar-refractivity contribution in [3.63, 3.8) is 0 Å². The smallest absolute Gasteiger partial charge is 0.270 e. The van der Waals surface area contributed by atoms with E-state index in [1.165, 1.54) is 12.1 Å². The Morgan fingerprint density at radius 1 is 1.64 bits per heavy atom. The number of nitrogens with zero attached hydrogens (tertiary/aromatic N) is 1. The van der Waals surface area contributed by atoms with Crippen LogP contribution in [-0.2, 0) is 0 Å². The quantitative estimate of drug-likeness (QED) is 0.589. The fourth-order valence-corrected chi connectivity index (χ4v) is 1.12. The second-order valence-electron chi connectivity index (χ2n) is 2.88. The third kappa shape index (κ3) is 2.40. The highest BCUT2D eigenvalue weighted by Gasteiger charge is 2.05. The number of hydrogen-bond donors (Lipinski definition) is 1. The van der Waals surface area contributed by atoms with Gasteiger partial charge in [-0.25, -0.2) is 0 Å². The SMILES string of the molecule is C/C(=C\CO)c1cccc([N+](=O)[O-])c1. The standard InChI is InChI=1S/C10H11NO3/c1-8(5-6-12)9-3-2-4-10(7-9)11(13)14/h2-5,7,12H,6H2,1H3/b8-5+. The third-order valence-corrected chi connectivity index (χ3v) is 1.91. The molecule has 1 aromatic rings. The molecule has 4 heteroatoms. The van der Waals surface area contributed by atoms with Gasteiger partial charge in [0.15, 0.2) is 0 Å². The van der Waals surface area contributed by atoms with Crippen LogP contribution in [0.3, 0.4) is 0 Å². The molecule has 0 saturated heterocycles. The molecule has 0 radical (unpaired) electrons. The summed E-state index contributed by atoms with van der Waals surface area (Å²) in [5.41, 5.74) is 1.65. The van der Waals surface area contributed by atoms with E-state index < -0.39 is 4.92 Å². The topological polar surface area (TPSA) is 63.4 Å². The molecule has 0 atom stereocenters. The lowest BCUT2D eigenvalue weighted by molar-refractivity contribution is -0.384. The number of nitro groups is 1. The molecular formula is C10H11NO3. The maximum atomic E-state index is 10.5. The largest absolute Gasteiger partial charge is 0.392 e. The molecule has 4 nitrogen and oxygen atoms in total. The number of aliphatic hydroxyl groups excluding tert-OH is 1. The molecule has 0 aliphatic carbocycles. The minimum atomic E-state index is -0.435. The van der Waals surface area contributed by atoms with E-state index in [4.69, 9.17) is 5.11 Å². The third-order valence-electron chi connectivity index (χ3n) is 1.91. The van der Waals surface area contributed by atoms with Gasteiger partial charge in [-0.3, -0.25) is 10.1 Å². The first kappa shape index (κ1) is 10.4. The lowest BCUT2D eigenvalue weighted by atomic mass is 10.1. The van der Waals surface area contributed by atoms with Crippen molar-refractivity contribution in [2.45, 2.75) is 6.92 Å².